The van der Waals surface area contributed by atoms with Gasteiger partial charge in [0.2, 0.25) is 5.75 Å². The number of ether oxygens (including phenoxy) is 1. The summed E-state index contributed by atoms with van der Waals surface area (Å²) < 4.78 is 5.82. The fourth-order valence-electron chi connectivity index (χ4n) is 3.46. The highest BCUT2D eigenvalue weighted by Crippen LogP contribution is 2.39. The highest BCUT2D eigenvalue weighted by atomic mass is 16.5. The minimum Gasteiger partial charge on any atom is -0.508 e. The topological polar surface area (TPSA) is 90.2 Å². The van der Waals surface area contributed by atoms with Gasteiger partial charge in [0.05, 0.1) is 0 Å². The Morgan fingerprint density at radius 3 is 2.00 bits per heavy atom. The van der Waals surface area contributed by atoms with Gasteiger partial charge in [-0.3, -0.25) is 0 Å². The van der Waals surface area contributed by atoms with Gasteiger partial charge in [-0.05, 0) is 83.6 Å². The summed E-state index contributed by atoms with van der Waals surface area (Å²) in [4.78, 5) is 0. The number of phenols is 4. The van der Waals surface area contributed by atoms with E-state index in [2.05, 4.69) is 0 Å². The van der Waals surface area contributed by atoms with Crippen molar-refractivity contribution < 1.29 is 25.2 Å². The molecule has 0 aliphatic carbocycles. The van der Waals surface area contributed by atoms with Crippen molar-refractivity contribution in [2.45, 2.75) is 12.8 Å². The molecule has 4 aromatic carbocycles. The lowest BCUT2D eigenvalue weighted by atomic mass is 10.0. The molecule has 0 aliphatic heterocycles. The van der Waals surface area contributed by atoms with Gasteiger partial charge in [-0.25, -0.2) is 0 Å². The van der Waals surface area contributed by atoms with E-state index in [1.165, 1.54) is 6.07 Å². The zero-order chi connectivity index (χ0) is 23.2. The summed E-state index contributed by atoms with van der Waals surface area (Å²) in [5.74, 6) is 0.472. The van der Waals surface area contributed by atoms with Crippen molar-refractivity contribution in [2.24, 2.45) is 0 Å². The third-order valence-electron chi connectivity index (χ3n) is 5.18. The van der Waals surface area contributed by atoms with E-state index in [-0.39, 0.29) is 28.7 Å². The molecule has 0 amide bonds. The van der Waals surface area contributed by atoms with Crippen molar-refractivity contribution in [3.63, 3.8) is 0 Å². The fourth-order valence-corrected chi connectivity index (χ4v) is 3.46. The van der Waals surface area contributed by atoms with E-state index in [9.17, 15) is 20.4 Å². The fraction of sp³-hybridized carbons (Fsp3) is 0.0714. The van der Waals surface area contributed by atoms with Crippen LogP contribution >= 0.6 is 0 Å². The molecule has 5 nitrogen and oxygen atoms in total. The molecular formula is C28H24O5. The van der Waals surface area contributed by atoms with Crippen LogP contribution in [0.5, 0.6) is 34.5 Å². The summed E-state index contributed by atoms with van der Waals surface area (Å²) in [6.45, 7) is 0. The molecule has 0 spiro atoms. The van der Waals surface area contributed by atoms with Crippen molar-refractivity contribution in [3.05, 3.63) is 107 Å². The second kappa shape index (κ2) is 9.83. The van der Waals surface area contributed by atoms with E-state index in [0.717, 1.165) is 29.5 Å². The van der Waals surface area contributed by atoms with Gasteiger partial charge in [-0.1, -0.05) is 48.6 Å². The van der Waals surface area contributed by atoms with Gasteiger partial charge in [-0.15, -0.1) is 0 Å². The number of phenolic OH excluding ortho intramolecular Hbond substituents is 4. The molecular weight excluding hydrogens is 416 g/mol. The van der Waals surface area contributed by atoms with Gasteiger partial charge in [0.1, 0.15) is 17.2 Å². The lowest BCUT2D eigenvalue weighted by Crippen LogP contribution is -1.92. The van der Waals surface area contributed by atoms with Gasteiger partial charge in [0.15, 0.2) is 11.5 Å². The lowest BCUT2D eigenvalue weighted by molar-refractivity contribution is 0.372. The SMILES string of the molecule is Oc1cccc(/C=C/c2cc(O)c(O)c(Oc3ccc(CCc4cccc(O)c4)cc3)c2)c1. The number of rotatable bonds is 7. The van der Waals surface area contributed by atoms with E-state index >= 15 is 0 Å². The molecule has 0 radical (unpaired) electrons. The summed E-state index contributed by atoms with van der Waals surface area (Å²) in [6, 6.07) is 24.6. The molecule has 4 N–H and O–H groups in total. The van der Waals surface area contributed by atoms with E-state index in [0.29, 0.717) is 11.3 Å². The Hall–Kier alpha value is -4.38. The Morgan fingerprint density at radius 2 is 1.27 bits per heavy atom. The predicted molar refractivity (Wildman–Crippen MR) is 129 cm³/mol. The predicted octanol–water partition coefficient (Wildman–Crippen LogP) is 6.26. The first kappa shape index (κ1) is 21.8. The quantitative estimate of drug-likeness (QED) is 0.201. The lowest BCUT2D eigenvalue weighted by Gasteiger charge is -2.11. The monoisotopic (exact) mass is 440 g/mol. The average molecular weight is 440 g/mol. The van der Waals surface area contributed by atoms with Crippen molar-refractivity contribution >= 4 is 12.2 Å². The summed E-state index contributed by atoms with van der Waals surface area (Å²) >= 11 is 0. The van der Waals surface area contributed by atoms with Crippen LogP contribution in [0.4, 0.5) is 0 Å². The van der Waals surface area contributed by atoms with Crippen LogP contribution in [0.2, 0.25) is 0 Å². The molecule has 0 saturated heterocycles. The Balaban J connectivity index is 1.45. The van der Waals surface area contributed by atoms with Crippen molar-refractivity contribution in [1.29, 1.82) is 0 Å². The van der Waals surface area contributed by atoms with Gasteiger partial charge in [0, 0.05) is 0 Å². The summed E-state index contributed by atoms with van der Waals surface area (Å²) in [6.07, 6.45) is 5.16. The summed E-state index contributed by atoms with van der Waals surface area (Å²) in [5.41, 5.74) is 3.60. The van der Waals surface area contributed by atoms with Gasteiger partial charge in [0.25, 0.3) is 0 Å². The van der Waals surface area contributed by atoms with Crippen LogP contribution < -0.4 is 4.74 Å². The maximum absolute atomic E-state index is 10.2. The van der Waals surface area contributed by atoms with Crippen LogP contribution in [-0.2, 0) is 12.8 Å². The standard InChI is InChI=1S/C28H24O5/c29-23-5-1-3-20(15-23)8-7-19-11-13-25(14-12-19)33-27-18-22(17-26(31)28(27)32)10-9-21-4-2-6-24(30)16-21/h1-6,9-18,29-32H,7-8H2/b10-9+. The molecule has 4 rings (SSSR count). The molecule has 0 bridgehead atoms. The van der Waals surface area contributed by atoms with E-state index < -0.39 is 0 Å². The molecule has 0 heterocycles. The van der Waals surface area contributed by atoms with Gasteiger partial charge < -0.3 is 25.2 Å². The molecule has 4 aromatic rings. The first-order valence-electron chi connectivity index (χ1n) is 10.5. The van der Waals surface area contributed by atoms with Crippen molar-refractivity contribution in [1.82, 2.24) is 0 Å². The second-order valence-electron chi connectivity index (χ2n) is 7.73. The number of hydrogen-bond donors (Lipinski definition) is 4. The normalized spacial score (nSPS) is 11.0. The van der Waals surface area contributed by atoms with Gasteiger partial charge >= 0.3 is 0 Å². The summed E-state index contributed by atoms with van der Waals surface area (Å²) in [5, 5.41) is 39.5. The van der Waals surface area contributed by atoms with E-state index in [1.54, 1.807) is 48.6 Å². The minimum atomic E-state index is -0.336. The second-order valence-corrected chi connectivity index (χ2v) is 7.73. The maximum atomic E-state index is 10.2. The third-order valence-corrected chi connectivity index (χ3v) is 5.18. The van der Waals surface area contributed by atoms with Gasteiger partial charge in [-0.2, -0.15) is 0 Å². The van der Waals surface area contributed by atoms with Crippen LogP contribution in [0.15, 0.2) is 84.9 Å². The molecule has 0 atom stereocenters. The Labute approximate surface area is 192 Å². The Bertz CT molecular complexity index is 1280. The molecule has 0 saturated carbocycles. The average Bonchev–Trinajstić information content (AvgIpc) is 2.80. The largest absolute Gasteiger partial charge is 0.508 e. The number of aryl methyl sites for hydroxylation is 2. The zero-order valence-corrected chi connectivity index (χ0v) is 17.8. The smallest absolute Gasteiger partial charge is 0.201 e. The van der Waals surface area contributed by atoms with Crippen molar-refractivity contribution in [2.75, 3.05) is 0 Å². The molecule has 0 fully saturated rings. The van der Waals surface area contributed by atoms with Crippen LogP contribution in [-0.4, -0.2) is 20.4 Å². The minimum absolute atomic E-state index is 0.137. The molecule has 0 unspecified atom stereocenters. The maximum Gasteiger partial charge on any atom is 0.201 e. The van der Waals surface area contributed by atoms with Crippen LogP contribution in [0.25, 0.3) is 12.2 Å². The molecule has 166 valence electrons. The number of aromatic hydroxyl groups is 4. The van der Waals surface area contributed by atoms with Crippen LogP contribution in [0, 0.1) is 0 Å². The van der Waals surface area contributed by atoms with Crippen LogP contribution in [0.1, 0.15) is 22.3 Å². The number of benzene rings is 4. The first-order chi connectivity index (χ1) is 16.0. The molecule has 33 heavy (non-hydrogen) atoms. The first-order valence-corrected chi connectivity index (χ1v) is 10.5. The third kappa shape index (κ3) is 5.86. The summed E-state index contributed by atoms with van der Waals surface area (Å²) in [7, 11) is 0. The molecule has 0 aromatic heterocycles. The molecule has 0 aliphatic rings. The van der Waals surface area contributed by atoms with E-state index in [1.807, 2.05) is 42.5 Å². The zero-order valence-electron chi connectivity index (χ0n) is 17.8. The van der Waals surface area contributed by atoms with E-state index in [4.69, 9.17) is 4.74 Å². The van der Waals surface area contributed by atoms with Crippen molar-refractivity contribution in [3.8, 4) is 34.5 Å². The Kier molecular flexibility index (Phi) is 6.51. The van der Waals surface area contributed by atoms with Crippen LogP contribution in [0.3, 0.4) is 0 Å². The highest BCUT2D eigenvalue weighted by molar-refractivity contribution is 5.73. The number of hydrogen-bond acceptors (Lipinski definition) is 5. The Morgan fingerprint density at radius 1 is 0.606 bits per heavy atom. The molecule has 5 heteroatoms. The highest BCUT2D eigenvalue weighted by Gasteiger charge is 2.11.